The number of benzene rings is 2. The van der Waals surface area contributed by atoms with Crippen LogP contribution < -0.4 is 0 Å². The van der Waals surface area contributed by atoms with Gasteiger partial charge in [-0.2, -0.15) is 0 Å². The molecule has 0 saturated carbocycles. The van der Waals surface area contributed by atoms with Crippen LogP contribution in [-0.4, -0.2) is 4.70 Å². The summed E-state index contributed by atoms with van der Waals surface area (Å²) < 4.78 is 1.50. The number of unbranched alkanes of at least 4 members (excludes halogenated alkanes) is 38. The van der Waals surface area contributed by atoms with Gasteiger partial charge in [0.25, 0.3) is 0 Å². The second kappa shape index (κ2) is 51.0. The minimum absolute atomic E-state index is 0.987. The minimum atomic E-state index is 0.987. The topological polar surface area (TPSA) is 25.3 Å². The fourth-order valence-electron chi connectivity index (χ4n) is 10.9. The van der Waals surface area contributed by atoms with Crippen molar-refractivity contribution in [3.05, 3.63) is 110 Å². The Labute approximate surface area is 474 Å². The van der Waals surface area contributed by atoms with Crippen LogP contribution in [0, 0.1) is 0 Å². The van der Waals surface area contributed by atoms with Crippen molar-refractivity contribution in [3.8, 4) is 0 Å². The van der Waals surface area contributed by atoms with Crippen molar-refractivity contribution in [1.82, 2.24) is 0 Å². The molecule has 0 fully saturated rings. The van der Waals surface area contributed by atoms with Crippen molar-refractivity contribution in [1.29, 1.82) is 0 Å². The van der Waals surface area contributed by atoms with Gasteiger partial charge in [-0.05, 0) is 73.9 Å². The summed E-state index contributed by atoms with van der Waals surface area (Å²) in [6.07, 6.45) is 68.1. The van der Waals surface area contributed by atoms with Crippen LogP contribution in [0.4, 0.5) is 0 Å². The van der Waals surface area contributed by atoms with Crippen molar-refractivity contribution in [2.75, 3.05) is 0 Å². The Morgan fingerprint density at radius 2 is 0.573 bits per heavy atom. The van der Waals surface area contributed by atoms with Crippen molar-refractivity contribution < 1.29 is 19.1 Å². The summed E-state index contributed by atoms with van der Waals surface area (Å²) in [5.74, 6) is 0. The Morgan fingerprint density at radius 3 is 0.853 bits per heavy atom. The summed E-state index contributed by atoms with van der Waals surface area (Å²) >= 11 is 1.69. The maximum absolute atomic E-state index is 11.6. The van der Waals surface area contributed by atoms with E-state index in [-0.39, 0.29) is 0 Å². The molecule has 2 nitrogen and oxygen atoms in total. The van der Waals surface area contributed by atoms with Crippen LogP contribution in [0.25, 0.3) is 16.9 Å². The molecule has 0 unspecified atom stereocenters. The molecule has 0 bridgehead atoms. The first-order valence-corrected chi connectivity index (χ1v) is 34.2. The fourth-order valence-corrected chi connectivity index (χ4v) is 11.6. The number of rotatable bonds is 50. The average Bonchev–Trinajstić information content (AvgIpc) is 3.71. The third kappa shape index (κ3) is 34.9. The summed E-state index contributed by atoms with van der Waals surface area (Å²) in [5.41, 5.74) is 21.1. The second-order valence-corrected chi connectivity index (χ2v) is 23.6. The van der Waals surface area contributed by atoms with E-state index >= 15 is 0 Å². The molecule has 3 heteroatoms. The van der Waals surface area contributed by atoms with Crippen LogP contribution in [0.2, 0.25) is 0 Å². The number of nitrogens with zero attached hydrogens (tertiary/aromatic N) is 2. The number of aryl methyl sites for hydroxylation is 2. The number of hydrogen-bond donors (Lipinski definition) is 0. The zero-order chi connectivity index (χ0) is 53.9. The van der Waals surface area contributed by atoms with E-state index in [2.05, 4.69) is 112 Å². The van der Waals surface area contributed by atoms with Gasteiger partial charge in [-0.15, -0.1) is 0 Å². The molecule has 2 aromatic carbocycles. The number of hydrogen-bond acceptors (Lipinski definition) is 0. The predicted octanol–water partition coefficient (Wildman–Crippen LogP) is 25.3. The van der Waals surface area contributed by atoms with Crippen LogP contribution in [0.3, 0.4) is 0 Å². The Morgan fingerprint density at radius 1 is 0.320 bits per heavy atom. The van der Waals surface area contributed by atoms with Crippen LogP contribution in [0.5, 0.6) is 0 Å². The first-order chi connectivity index (χ1) is 37.1. The predicted molar refractivity (Wildman–Crippen MR) is 333 cm³/mol. The Balaban J connectivity index is 0.000000533. The molecule has 2 aromatic rings. The molecule has 0 amide bonds. The molecule has 1 aliphatic heterocycles. The smallest absolute Gasteiger partial charge is 0.0654 e. The van der Waals surface area contributed by atoms with Crippen molar-refractivity contribution in [2.45, 2.75) is 337 Å². The molecule has 3 rings (SSSR count). The summed E-state index contributed by atoms with van der Waals surface area (Å²) in [5, 5.41) is 4.65. The molecule has 0 aliphatic carbocycles. The molecule has 0 spiro atoms. The van der Waals surface area contributed by atoms with Crippen LogP contribution in [0.15, 0.2) is 81.9 Å². The van der Waals surface area contributed by atoms with E-state index in [0.717, 1.165) is 61.0 Å². The maximum atomic E-state index is 11.6. The van der Waals surface area contributed by atoms with Gasteiger partial charge >= 0.3 is 165 Å². The van der Waals surface area contributed by atoms with Crippen LogP contribution >= 0.6 is 0 Å². The molecule has 0 radical (unpaired) electrons. The molecule has 0 atom stereocenters. The molecular formula is C72H122N2Ni. The molecule has 430 valence electrons. The van der Waals surface area contributed by atoms with Gasteiger partial charge in [-0.1, -0.05) is 194 Å². The summed E-state index contributed by atoms with van der Waals surface area (Å²) in [7, 11) is 0. The third-order valence-corrected chi connectivity index (χ3v) is 16.8. The second-order valence-electron chi connectivity index (χ2n) is 22.7. The van der Waals surface area contributed by atoms with E-state index in [1.54, 1.807) is 14.4 Å². The van der Waals surface area contributed by atoms with E-state index in [1.807, 2.05) is 0 Å². The van der Waals surface area contributed by atoms with Gasteiger partial charge in [-0.25, -0.2) is 4.70 Å². The van der Waals surface area contributed by atoms with Gasteiger partial charge in [-0.3, -0.25) is 0 Å². The van der Waals surface area contributed by atoms with Crippen LogP contribution in [0.1, 0.15) is 346 Å². The van der Waals surface area contributed by atoms with E-state index in [0.29, 0.717) is 0 Å². The summed E-state index contributed by atoms with van der Waals surface area (Å²) in [6, 6.07) is 17.5. The van der Waals surface area contributed by atoms with E-state index in [9.17, 15) is 5.53 Å². The molecule has 1 heterocycles. The fraction of sp³-hybridized carbons (Fsp3) is 0.722. The van der Waals surface area contributed by atoms with Crippen molar-refractivity contribution in [2.24, 2.45) is 0 Å². The third-order valence-electron chi connectivity index (χ3n) is 15.9. The Bertz CT molecular complexity index is 1680. The Hall–Kier alpha value is -2.51. The van der Waals surface area contributed by atoms with Gasteiger partial charge < -0.3 is 5.53 Å². The molecule has 0 saturated heterocycles. The minimum Gasteiger partial charge on any atom is -0.0654 e. The summed E-state index contributed by atoms with van der Waals surface area (Å²) in [4.78, 5) is 0. The summed E-state index contributed by atoms with van der Waals surface area (Å²) in [6.45, 7) is 13.5. The van der Waals surface area contributed by atoms with Crippen molar-refractivity contribution >= 4 is 11.4 Å². The van der Waals surface area contributed by atoms with Gasteiger partial charge in [0.05, 0.1) is 0 Å². The van der Waals surface area contributed by atoms with E-state index in [4.69, 9.17) is 0 Å². The molecule has 0 N–H and O–H groups in total. The zero-order valence-corrected chi connectivity index (χ0v) is 51.7. The van der Waals surface area contributed by atoms with Gasteiger partial charge in [0, 0.05) is 22.3 Å². The molecule has 1 aliphatic rings. The zero-order valence-electron chi connectivity index (χ0n) is 50.7. The monoisotopic (exact) mass is 1070 g/mol. The normalized spacial score (nSPS) is 12.9. The number of allylic oxidation sites excluding steroid dienone is 4. The first kappa shape index (κ1) is 68.6. The SMILES string of the molecule is CCCCCCC1=C(c2ccc(CC)cc2)[N+](=[N-])C(c2ccc(CC)cc2)=C1CCCC.CCCCCCCCCCCCCCCCCCCC=[CH][Ni][CH]=CCCCCCCCCCCCCCCCCCCC. The average molecular weight is 1070 g/mol. The van der Waals surface area contributed by atoms with E-state index < -0.39 is 0 Å². The first-order valence-electron chi connectivity index (χ1n) is 33.0. The van der Waals surface area contributed by atoms with Gasteiger partial charge in [0.1, 0.15) is 0 Å². The van der Waals surface area contributed by atoms with Gasteiger partial charge in [0.2, 0.25) is 11.4 Å². The standard InChI is InChI=1S/C30H40N2.2C21H41.Ni/c1-5-9-11-12-14-28-27(13-10-6-2)29(25-19-15-23(7-3)16-20-25)32(31)30(28)26-21-17-24(8-4)18-22-26;2*1-3-5-7-9-11-13-15-17-19-21-20-18-16-14-12-10-8-6-4-2;/h15-22H,5-14H2,1-4H3;2*1,3H,4-21H2,2H3;. The Kier molecular flexibility index (Phi) is 46.6. The van der Waals surface area contributed by atoms with Crippen molar-refractivity contribution in [3.63, 3.8) is 0 Å². The molecule has 75 heavy (non-hydrogen) atoms. The van der Waals surface area contributed by atoms with Crippen LogP contribution in [-0.2, 0) is 27.3 Å². The quantitative estimate of drug-likeness (QED) is 0.0358. The van der Waals surface area contributed by atoms with Gasteiger partial charge in [0.15, 0.2) is 0 Å². The molecular weight excluding hydrogens is 951 g/mol. The molecule has 0 aromatic heterocycles. The van der Waals surface area contributed by atoms with E-state index in [1.165, 1.54) is 284 Å².